The number of rotatable bonds is 4. The number of nitrogens with zero attached hydrogens (tertiary/aromatic N) is 2. The van der Waals surface area contributed by atoms with Crippen LogP contribution in [-0.4, -0.2) is 60.9 Å². The Hall–Kier alpha value is -1.10. The molecular formula is C16H29N3O2. The van der Waals surface area contributed by atoms with E-state index in [2.05, 4.69) is 22.0 Å². The minimum Gasteiger partial charge on any atom is -0.359 e. The highest BCUT2D eigenvalue weighted by atomic mass is 16.2. The zero-order valence-corrected chi connectivity index (χ0v) is 13.4. The first-order valence-corrected chi connectivity index (χ1v) is 8.39. The molecule has 0 bridgehead atoms. The van der Waals surface area contributed by atoms with Crippen LogP contribution < -0.4 is 5.32 Å². The van der Waals surface area contributed by atoms with Gasteiger partial charge in [0.15, 0.2) is 0 Å². The van der Waals surface area contributed by atoms with E-state index in [1.165, 1.54) is 6.42 Å². The van der Waals surface area contributed by atoms with Crippen LogP contribution in [0, 0.1) is 5.92 Å². The van der Waals surface area contributed by atoms with Crippen molar-refractivity contribution < 1.29 is 9.59 Å². The van der Waals surface area contributed by atoms with E-state index >= 15 is 0 Å². The van der Waals surface area contributed by atoms with Crippen molar-refractivity contribution in [2.45, 2.75) is 51.5 Å². The molecule has 2 saturated heterocycles. The summed E-state index contributed by atoms with van der Waals surface area (Å²) in [6.07, 6.45) is 6.33. The van der Waals surface area contributed by atoms with Crippen molar-refractivity contribution in [3.63, 3.8) is 0 Å². The highest BCUT2D eigenvalue weighted by Gasteiger charge is 2.29. The van der Waals surface area contributed by atoms with Gasteiger partial charge in [-0.25, -0.2) is 0 Å². The lowest BCUT2D eigenvalue weighted by Gasteiger charge is -2.38. The third-order valence-corrected chi connectivity index (χ3v) is 4.98. The Kier molecular flexibility index (Phi) is 6.03. The van der Waals surface area contributed by atoms with Gasteiger partial charge < -0.3 is 10.2 Å². The summed E-state index contributed by atoms with van der Waals surface area (Å²) in [6, 6.07) is 0.439. The third kappa shape index (κ3) is 4.19. The van der Waals surface area contributed by atoms with Crippen molar-refractivity contribution in [2.24, 2.45) is 5.92 Å². The van der Waals surface area contributed by atoms with E-state index < -0.39 is 0 Å². The average Bonchev–Trinajstić information content (AvgIpc) is 2.54. The average molecular weight is 295 g/mol. The number of nitrogens with one attached hydrogen (secondary N) is 1. The van der Waals surface area contributed by atoms with Gasteiger partial charge in [0.05, 0.1) is 6.54 Å². The smallest absolute Gasteiger partial charge is 0.236 e. The van der Waals surface area contributed by atoms with Crippen LogP contribution >= 0.6 is 0 Å². The Labute approximate surface area is 128 Å². The summed E-state index contributed by atoms with van der Waals surface area (Å²) in [5.41, 5.74) is 0. The number of hydrogen-bond acceptors (Lipinski definition) is 3. The molecule has 5 heteroatoms. The van der Waals surface area contributed by atoms with Gasteiger partial charge in [0, 0.05) is 25.6 Å². The van der Waals surface area contributed by atoms with Crippen molar-refractivity contribution >= 4 is 11.8 Å². The summed E-state index contributed by atoms with van der Waals surface area (Å²) >= 11 is 0. The Balaban J connectivity index is 1.80. The second kappa shape index (κ2) is 7.78. The second-order valence-corrected chi connectivity index (χ2v) is 6.31. The van der Waals surface area contributed by atoms with Crippen LogP contribution in [0.15, 0.2) is 0 Å². The molecular weight excluding hydrogens is 266 g/mol. The van der Waals surface area contributed by atoms with Crippen LogP contribution in [0.1, 0.15) is 45.4 Å². The minimum atomic E-state index is 0.125. The van der Waals surface area contributed by atoms with Gasteiger partial charge >= 0.3 is 0 Å². The lowest BCUT2D eigenvalue weighted by atomic mass is 9.95. The first kappa shape index (κ1) is 16.3. The maximum atomic E-state index is 12.5. The quantitative estimate of drug-likeness (QED) is 0.849. The van der Waals surface area contributed by atoms with Crippen LogP contribution in [0.3, 0.4) is 0 Å². The summed E-state index contributed by atoms with van der Waals surface area (Å²) in [5.74, 6) is 0.544. The fourth-order valence-corrected chi connectivity index (χ4v) is 3.59. The van der Waals surface area contributed by atoms with E-state index in [4.69, 9.17) is 0 Å². The van der Waals surface area contributed by atoms with Crippen molar-refractivity contribution in [1.82, 2.24) is 15.1 Å². The van der Waals surface area contributed by atoms with E-state index in [9.17, 15) is 9.59 Å². The highest BCUT2D eigenvalue weighted by Crippen LogP contribution is 2.21. The van der Waals surface area contributed by atoms with Gasteiger partial charge in [-0.15, -0.1) is 0 Å². The Morgan fingerprint density at radius 3 is 2.43 bits per heavy atom. The van der Waals surface area contributed by atoms with Crippen LogP contribution in [0.25, 0.3) is 0 Å². The molecule has 0 spiro atoms. The number of hydrogen-bond donors (Lipinski definition) is 1. The molecule has 0 aromatic rings. The summed E-state index contributed by atoms with van der Waals surface area (Å²) in [7, 11) is 1.69. The summed E-state index contributed by atoms with van der Waals surface area (Å²) in [5, 5.41) is 2.72. The predicted molar refractivity (Wildman–Crippen MR) is 82.9 cm³/mol. The third-order valence-electron chi connectivity index (χ3n) is 4.98. The molecule has 1 N–H and O–H groups in total. The molecule has 0 aliphatic carbocycles. The van der Waals surface area contributed by atoms with Crippen LogP contribution in [0.4, 0.5) is 0 Å². The van der Waals surface area contributed by atoms with Gasteiger partial charge in [-0.05, 0) is 51.6 Å². The maximum Gasteiger partial charge on any atom is 0.236 e. The monoisotopic (exact) mass is 295 g/mol. The molecule has 2 amide bonds. The summed E-state index contributed by atoms with van der Waals surface area (Å²) in [6.45, 7) is 5.33. The molecule has 2 fully saturated rings. The number of amides is 2. The summed E-state index contributed by atoms with van der Waals surface area (Å²) < 4.78 is 0. The van der Waals surface area contributed by atoms with Gasteiger partial charge in [0.1, 0.15) is 0 Å². The molecule has 0 radical (unpaired) electrons. The molecule has 1 atom stereocenters. The zero-order chi connectivity index (χ0) is 15.2. The fraction of sp³-hybridized carbons (Fsp3) is 0.875. The largest absolute Gasteiger partial charge is 0.359 e. The lowest BCUT2D eigenvalue weighted by molar-refractivity contribution is -0.136. The molecule has 5 nitrogen and oxygen atoms in total. The van der Waals surface area contributed by atoms with E-state index in [1.54, 1.807) is 7.05 Å². The van der Waals surface area contributed by atoms with Crippen LogP contribution in [0.5, 0.6) is 0 Å². The van der Waals surface area contributed by atoms with Crippen LogP contribution in [0.2, 0.25) is 0 Å². The van der Waals surface area contributed by atoms with Gasteiger partial charge in [-0.2, -0.15) is 0 Å². The standard InChI is InChI=1S/C16H29N3O2/c1-3-14-6-4-5-9-19(14)15(20)12-18-10-7-13(8-11-18)16(21)17-2/h13-14H,3-12H2,1-2H3,(H,17,21). The second-order valence-electron chi connectivity index (χ2n) is 6.31. The highest BCUT2D eigenvalue weighted by molar-refractivity contribution is 5.79. The first-order valence-electron chi connectivity index (χ1n) is 8.39. The Morgan fingerprint density at radius 1 is 1.10 bits per heavy atom. The van der Waals surface area contributed by atoms with E-state index in [-0.39, 0.29) is 17.7 Å². The van der Waals surface area contributed by atoms with Crippen molar-refractivity contribution in [2.75, 3.05) is 33.2 Å². The molecule has 2 aliphatic heterocycles. The number of carbonyl (C=O) groups is 2. The SMILES string of the molecule is CCC1CCCCN1C(=O)CN1CCC(C(=O)NC)CC1. The maximum absolute atomic E-state index is 12.5. The van der Waals surface area contributed by atoms with Crippen molar-refractivity contribution in [3.8, 4) is 0 Å². The molecule has 2 aliphatic rings. The molecule has 1 unspecified atom stereocenters. The normalized spacial score (nSPS) is 24.9. The topological polar surface area (TPSA) is 52.7 Å². The zero-order valence-electron chi connectivity index (χ0n) is 13.4. The van der Waals surface area contributed by atoms with Gasteiger partial charge in [-0.1, -0.05) is 6.92 Å². The lowest BCUT2D eigenvalue weighted by Crippen LogP contribution is -2.49. The Morgan fingerprint density at radius 2 is 1.81 bits per heavy atom. The van der Waals surface area contributed by atoms with Crippen LogP contribution in [-0.2, 0) is 9.59 Å². The van der Waals surface area contributed by atoms with Crippen molar-refractivity contribution in [1.29, 1.82) is 0 Å². The van der Waals surface area contributed by atoms with Gasteiger partial charge in [0.25, 0.3) is 0 Å². The van der Waals surface area contributed by atoms with Gasteiger partial charge in [-0.3, -0.25) is 14.5 Å². The van der Waals surface area contributed by atoms with Crippen molar-refractivity contribution in [3.05, 3.63) is 0 Å². The van der Waals surface area contributed by atoms with E-state index in [0.29, 0.717) is 12.6 Å². The molecule has 0 saturated carbocycles. The molecule has 2 heterocycles. The summed E-state index contributed by atoms with van der Waals surface area (Å²) in [4.78, 5) is 28.4. The minimum absolute atomic E-state index is 0.125. The Bertz CT molecular complexity index is 365. The molecule has 0 aromatic carbocycles. The predicted octanol–water partition coefficient (Wildman–Crippen LogP) is 1.24. The molecule has 2 rings (SSSR count). The fourth-order valence-electron chi connectivity index (χ4n) is 3.59. The van der Waals surface area contributed by atoms with E-state index in [1.807, 2.05) is 0 Å². The van der Waals surface area contributed by atoms with Gasteiger partial charge in [0.2, 0.25) is 11.8 Å². The molecule has 0 aromatic heterocycles. The number of likely N-dealkylation sites (tertiary alicyclic amines) is 2. The molecule has 21 heavy (non-hydrogen) atoms. The molecule has 120 valence electrons. The number of carbonyl (C=O) groups excluding carboxylic acids is 2. The first-order chi connectivity index (χ1) is 10.2. The number of piperidine rings is 2. The van der Waals surface area contributed by atoms with E-state index in [0.717, 1.165) is 51.7 Å².